The van der Waals surface area contributed by atoms with Crippen molar-refractivity contribution in [1.82, 2.24) is 0 Å². The Morgan fingerprint density at radius 3 is 1.54 bits per heavy atom. The first kappa shape index (κ1) is 20.1. The van der Waals surface area contributed by atoms with Crippen molar-refractivity contribution in [2.75, 3.05) is 5.32 Å². The van der Waals surface area contributed by atoms with Gasteiger partial charge >= 0.3 is 23.9 Å². The minimum Gasteiger partial charge on any atom is -0.325 e. The first-order valence-electron chi connectivity index (χ1n) is 6.14. The first-order chi connectivity index (χ1) is 10.6. The highest BCUT2D eigenvalue weighted by molar-refractivity contribution is 5.97. The molecule has 0 aliphatic heterocycles. The Kier molecular flexibility index (Phi) is 4.90. The molecule has 2 nitrogen and oxygen atoms in total. The molecule has 0 bridgehead atoms. The SMILES string of the molecule is Cc1ccc(NC(=O)C(C(F)(F)F)(C(F)(F)F)C(F)(F)F)cc1C. The van der Waals surface area contributed by atoms with Crippen LogP contribution in [-0.4, -0.2) is 24.4 Å². The quantitative estimate of drug-likeness (QED) is 0.739. The molecule has 1 rings (SSSR count). The van der Waals surface area contributed by atoms with Crippen molar-refractivity contribution < 1.29 is 44.3 Å². The van der Waals surface area contributed by atoms with E-state index in [1.165, 1.54) is 13.0 Å². The molecule has 136 valence electrons. The van der Waals surface area contributed by atoms with Crippen LogP contribution in [0.5, 0.6) is 0 Å². The summed E-state index contributed by atoms with van der Waals surface area (Å²) in [6.07, 6.45) is -20.8. The Balaban J connectivity index is 3.49. The van der Waals surface area contributed by atoms with Gasteiger partial charge in [-0.25, -0.2) is 0 Å². The maximum Gasteiger partial charge on any atom is 0.421 e. The summed E-state index contributed by atoms with van der Waals surface area (Å²) in [7, 11) is 0. The topological polar surface area (TPSA) is 29.1 Å². The highest BCUT2D eigenvalue weighted by atomic mass is 19.4. The molecule has 0 saturated carbocycles. The average molecular weight is 367 g/mol. The van der Waals surface area contributed by atoms with Crippen LogP contribution in [0.15, 0.2) is 18.2 Å². The molecular formula is C13H10F9NO. The lowest BCUT2D eigenvalue weighted by Crippen LogP contribution is -2.65. The maximum atomic E-state index is 12.8. The lowest BCUT2D eigenvalue weighted by Gasteiger charge is -2.36. The summed E-state index contributed by atoms with van der Waals surface area (Å²) < 4.78 is 115. The van der Waals surface area contributed by atoms with Crippen LogP contribution in [-0.2, 0) is 4.79 Å². The van der Waals surface area contributed by atoms with Crippen LogP contribution >= 0.6 is 0 Å². The molecule has 0 saturated heterocycles. The van der Waals surface area contributed by atoms with Gasteiger partial charge < -0.3 is 5.32 Å². The van der Waals surface area contributed by atoms with E-state index >= 15 is 0 Å². The third-order valence-electron chi connectivity index (χ3n) is 3.38. The number of hydrogen-bond donors (Lipinski definition) is 1. The molecule has 11 heteroatoms. The van der Waals surface area contributed by atoms with Crippen molar-refractivity contribution in [2.24, 2.45) is 5.41 Å². The van der Waals surface area contributed by atoms with Crippen LogP contribution < -0.4 is 5.32 Å². The van der Waals surface area contributed by atoms with E-state index < -0.39 is 35.5 Å². The third-order valence-corrected chi connectivity index (χ3v) is 3.38. The Hall–Kier alpha value is -1.94. The van der Waals surface area contributed by atoms with Crippen LogP contribution in [0.3, 0.4) is 0 Å². The van der Waals surface area contributed by atoms with Gasteiger partial charge in [0, 0.05) is 5.69 Å². The molecule has 0 aliphatic rings. The van der Waals surface area contributed by atoms with E-state index in [1.807, 2.05) is 0 Å². The van der Waals surface area contributed by atoms with E-state index in [0.717, 1.165) is 17.4 Å². The molecule has 0 aromatic heterocycles. The van der Waals surface area contributed by atoms with Crippen LogP contribution in [0, 0.1) is 19.3 Å². The summed E-state index contributed by atoms with van der Waals surface area (Å²) in [5, 5.41) is 1.07. The zero-order valence-electron chi connectivity index (χ0n) is 12.0. The second kappa shape index (κ2) is 5.85. The summed E-state index contributed by atoms with van der Waals surface area (Å²) in [5.74, 6) is -3.27. The van der Waals surface area contributed by atoms with Crippen molar-refractivity contribution in [3.05, 3.63) is 29.3 Å². The van der Waals surface area contributed by atoms with Crippen molar-refractivity contribution in [1.29, 1.82) is 0 Å². The number of halogens is 9. The van der Waals surface area contributed by atoms with E-state index in [0.29, 0.717) is 11.1 Å². The Morgan fingerprint density at radius 1 is 0.792 bits per heavy atom. The highest BCUT2D eigenvalue weighted by Crippen LogP contribution is 2.59. The van der Waals surface area contributed by atoms with Gasteiger partial charge in [-0.15, -0.1) is 0 Å². The van der Waals surface area contributed by atoms with Crippen molar-refractivity contribution in [2.45, 2.75) is 32.4 Å². The fourth-order valence-corrected chi connectivity index (χ4v) is 1.91. The lowest BCUT2D eigenvalue weighted by molar-refractivity contribution is -0.405. The number of hydrogen-bond acceptors (Lipinski definition) is 1. The van der Waals surface area contributed by atoms with Gasteiger partial charge in [-0.1, -0.05) is 6.07 Å². The molecule has 24 heavy (non-hydrogen) atoms. The minimum atomic E-state index is -6.94. The number of carbonyl (C=O) groups excluding carboxylic acids is 1. The molecular weight excluding hydrogens is 357 g/mol. The molecule has 1 N–H and O–H groups in total. The van der Waals surface area contributed by atoms with Crippen LogP contribution in [0.2, 0.25) is 0 Å². The molecule has 0 heterocycles. The number of alkyl halides is 9. The van der Waals surface area contributed by atoms with Gasteiger partial charge in [0.1, 0.15) is 0 Å². The van der Waals surface area contributed by atoms with Gasteiger partial charge in [-0.05, 0) is 37.1 Å². The fraction of sp³-hybridized carbons (Fsp3) is 0.462. The molecule has 1 aromatic carbocycles. The second-order valence-corrected chi connectivity index (χ2v) is 5.00. The molecule has 0 unspecified atom stereocenters. The summed E-state index contributed by atoms with van der Waals surface area (Å²) in [6.45, 7) is 2.96. The van der Waals surface area contributed by atoms with Crippen LogP contribution in [0.4, 0.5) is 45.2 Å². The van der Waals surface area contributed by atoms with Gasteiger partial charge in [-0.2, -0.15) is 39.5 Å². The molecule has 1 amide bonds. The van der Waals surface area contributed by atoms with E-state index in [9.17, 15) is 44.3 Å². The number of aryl methyl sites for hydroxylation is 2. The van der Waals surface area contributed by atoms with E-state index in [4.69, 9.17) is 0 Å². The zero-order valence-corrected chi connectivity index (χ0v) is 12.0. The fourth-order valence-electron chi connectivity index (χ4n) is 1.91. The van der Waals surface area contributed by atoms with Gasteiger partial charge in [0.15, 0.2) is 0 Å². The van der Waals surface area contributed by atoms with Crippen molar-refractivity contribution >= 4 is 11.6 Å². The Labute approximate surface area is 129 Å². The monoisotopic (exact) mass is 367 g/mol. The van der Waals surface area contributed by atoms with Crippen molar-refractivity contribution in [3.63, 3.8) is 0 Å². The van der Waals surface area contributed by atoms with E-state index in [-0.39, 0.29) is 0 Å². The molecule has 0 atom stereocenters. The molecule has 0 fully saturated rings. The highest BCUT2D eigenvalue weighted by Gasteiger charge is 2.88. The van der Waals surface area contributed by atoms with Crippen molar-refractivity contribution in [3.8, 4) is 0 Å². The number of rotatable bonds is 2. The van der Waals surface area contributed by atoms with Crippen LogP contribution in [0.1, 0.15) is 11.1 Å². The predicted octanol–water partition coefficient (Wildman–Crippen LogP) is 4.92. The van der Waals surface area contributed by atoms with Gasteiger partial charge in [0.25, 0.3) is 5.91 Å². The average Bonchev–Trinajstić information content (AvgIpc) is 2.28. The molecule has 1 aromatic rings. The maximum absolute atomic E-state index is 12.8. The lowest BCUT2D eigenvalue weighted by atomic mass is 9.84. The standard InChI is InChI=1S/C13H10F9NO/c1-6-3-4-8(5-7(6)2)23-9(24)10(11(14,15)16,12(17,18)19)13(20,21)22/h3-5H,1-2H3,(H,23,24). The number of benzene rings is 1. The number of carbonyl (C=O) groups is 1. The Morgan fingerprint density at radius 2 is 1.21 bits per heavy atom. The smallest absolute Gasteiger partial charge is 0.325 e. The first-order valence-corrected chi connectivity index (χ1v) is 6.14. The van der Waals surface area contributed by atoms with E-state index in [1.54, 1.807) is 6.92 Å². The molecule has 0 radical (unpaired) electrons. The summed E-state index contributed by atoms with van der Waals surface area (Å²) in [5.41, 5.74) is -6.23. The largest absolute Gasteiger partial charge is 0.421 e. The van der Waals surface area contributed by atoms with E-state index in [2.05, 4.69) is 0 Å². The zero-order chi connectivity index (χ0) is 19.1. The van der Waals surface area contributed by atoms with Gasteiger partial charge in [-0.3, -0.25) is 4.79 Å². The van der Waals surface area contributed by atoms with Crippen LogP contribution in [0.25, 0.3) is 0 Å². The second-order valence-electron chi connectivity index (χ2n) is 5.00. The Bertz CT molecular complexity index is 592. The number of nitrogens with one attached hydrogen (secondary N) is 1. The normalized spacial score (nSPS) is 13.8. The third kappa shape index (κ3) is 3.16. The summed E-state index contributed by atoms with van der Waals surface area (Å²) >= 11 is 0. The van der Waals surface area contributed by atoms with Gasteiger partial charge in [0.2, 0.25) is 0 Å². The molecule has 0 aliphatic carbocycles. The molecule has 0 spiro atoms. The summed E-state index contributed by atoms with van der Waals surface area (Å²) in [6, 6.07) is 3.08. The van der Waals surface area contributed by atoms with Gasteiger partial charge in [0.05, 0.1) is 0 Å². The number of anilines is 1. The summed E-state index contributed by atoms with van der Waals surface area (Å²) in [4.78, 5) is 11.5. The number of amides is 1. The predicted molar refractivity (Wildman–Crippen MR) is 65.1 cm³/mol. The minimum absolute atomic E-state index is 0.351.